The molecule has 0 saturated heterocycles. The van der Waals surface area contributed by atoms with Crippen molar-refractivity contribution >= 4 is 45.9 Å². The van der Waals surface area contributed by atoms with Gasteiger partial charge in [0.05, 0.1) is 17.3 Å². The molecule has 0 aliphatic carbocycles. The van der Waals surface area contributed by atoms with Crippen LogP contribution in [-0.4, -0.2) is 38.0 Å². The first kappa shape index (κ1) is 19.2. The van der Waals surface area contributed by atoms with E-state index in [1.807, 2.05) is 13.8 Å². The number of phenols is 1. The van der Waals surface area contributed by atoms with Gasteiger partial charge in [-0.3, -0.25) is 5.32 Å². The van der Waals surface area contributed by atoms with Gasteiger partial charge in [0.15, 0.2) is 0 Å². The number of carbonyl (C=O) groups is 1. The summed E-state index contributed by atoms with van der Waals surface area (Å²) in [5, 5.41) is 26.3. The van der Waals surface area contributed by atoms with Gasteiger partial charge in [0.2, 0.25) is 5.16 Å². The van der Waals surface area contributed by atoms with Crippen LogP contribution in [0.3, 0.4) is 0 Å². The van der Waals surface area contributed by atoms with Crippen molar-refractivity contribution in [3.8, 4) is 5.75 Å². The van der Waals surface area contributed by atoms with Crippen LogP contribution in [0, 0.1) is 5.92 Å². The number of aromatic hydroxyl groups is 1. The highest BCUT2D eigenvalue weighted by Crippen LogP contribution is 2.43. The highest BCUT2D eigenvalue weighted by atomic mass is 35.5. The standard InChI is InChI=1S/C17H18ClN5O3S/c1-9(2)8-26-17(25)19-12-6-4-5-10-14(12)13(7-11(18)15(10)24)27-16-20-21-22-23(16)3/h4-7,9,24H,8H2,1-3H3,(H,19,25). The van der Waals surface area contributed by atoms with Gasteiger partial charge in [-0.1, -0.05) is 37.6 Å². The number of anilines is 1. The van der Waals surface area contributed by atoms with Gasteiger partial charge in [-0.2, -0.15) is 0 Å². The highest BCUT2D eigenvalue weighted by Gasteiger charge is 2.18. The highest BCUT2D eigenvalue weighted by molar-refractivity contribution is 7.99. The number of carbonyl (C=O) groups excluding carboxylic acids is 1. The Morgan fingerprint density at radius 3 is 2.89 bits per heavy atom. The third-order valence-electron chi connectivity index (χ3n) is 3.62. The molecule has 0 radical (unpaired) electrons. The van der Waals surface area contributed by atoms with Crippen molar-refractivity contribution in [2.45, 2.75) is 23.9 Å². The summed E-state index contributed by atoms with van der Waals surface area (Å²) in [6.45, 7) is 4.21. The number of hydrogen-bond acceptors (Lipinski definition) is 7. The molecule has 0 atom stereocenters. The number of halogens is 1. The maximum Gasteiger partial charge on any atom is 0.411 e. The minimum absolute atomic E-state index is 0.0636. The maximum atomic E-state index is 12.1. The lowest BCUT2D eigenvalue weighted by atomic mass is 10.1. The normalized spacial score (nSPS) is 11.1. The van der Waals surface area contributed by atoms with E-state index >= 15 is 0 Å². The number of amides is 1. The van der Waals surface area contributed by atoms with Crippen LogP contribution in [0.4, 0.5) is 10.5 Å². The zero-order valence-electron chi connectivity index (χ0n) is 14.9. The van der Waals surface area contributed by atoms with E-state index in [-0.39, 0.29) is 16.7 Å². The first-order chi connectivity index (χ1) is 12.9. The Morgan fingerprint density at radius 2 is 2.22 bits per heavy atom. The van der Waals surface area contributed by atoms with E-state index in [9.17, 15) is 9.90 Å². The molecule has 1 heterocycles. The number of nitrogens with zero attached hydrogens (tertiary/aromatic N) is 4. The van der Waals surface area contributed by atoms with E-state index < -0.39 is 6.09 Å². The van der Waals surface area contributed by atoms with Crippen molar-refractivity contribution in [2.75, 3.05) is 11.9 Å². The molecule has 1 amide bonds. The van der Waals surface area contributed by atoms with Gasteiger partial charge in [0.25, 0.3) is 0 Å². The van der Waals surface area contributed by atoms with Crippen molar-refractivity contribution in [1.29, 1.82) is 0 Å². The molecule has 0 fully saturated rings. The molecule has 0 aliphatic rings. The predicted molar refractivity (Wildman–Crippen MR) is 103 cm³/mol. The Labute approximate surface area is 164 Å². The molecule has 8 nitrogen and oxygen atoms in total. The largest absolute Gasteiger partial charge is 0.506 e. The quantitative estimate of drug-likeness (QED) is 0.656. The van der Waals surface area contributed by atoms with E-state index in [0.717, 1.165) is 0 Å². The van der Waals surface area contributed by atoms with Crippen molar-refractivity contribution in [3.63, 3.8) is 0 Å². The summed E-state index contributed by atoms with van der Waals surface area (Å²) < 4.78 is 6.71. The van der Waals surface area contributed by atoms with Crippen LogP contribution >= 0.6 is 23.4 Å². The number of benzene rings is 2. The Bertz CT molecular complexity index is 992. The van der Waals surface area contributed by atoms with Gasteiger partial charge in [0.1, 0.15) is 5.75 Å². The number of ether oxygens (including phenoxy) is 1. The van der Waals surface area contributed by atoms with E-state index in [2.05, 4.69) is 20.8 Å². The molecular formula is C17H18ClN5O3S. The fourth-order valence-corrected chi connectivity index (χ4v) is 3.60. The number of tetrazole rings is 1. The Hall–Kier alpha value is -2.52. The van der Waals surface area contributed by atoms with E-state index in [4.69, 9.17) is 16.3 Å². The van der Waals surface area contributed by atoms with Crippen molar-refractivity contribution in [1.82, 2.24) is 20.2 Å². The number of aromatic nitrogens is 4. The predicted octanol–water partition coefficient (Wildman–Crippen LogP) is 4.08. The second-order valence-corrected chi connectivity index (χ2v) is 7.65. The lowest BCUT2D eigenvalue weighted by Crippen LogP contribution is -2.16. The number of rotatable bonds is 5. The summed E-state index contributed by atoms with van der Waals surface area (Å²) in [5.41, 5.74) is 0.492. The number of phenolic OH excluding ortho intramolecular Hbond substituents is 1. The monoisotopic (exact) mass is 407 g/mol. The van der Waals surface area contributed by atoms with Crippen LogP contribution in [0.2, 0.25) is 5.02 Å². The maximum absolute atomic E-state index is 12.1. The molecule has 0 unspecified atom stereocenters. The number of aryl methyl sites for hydroxylation is 1. The Balaban J connectivity index is 2.05. The fourth-order valence-electron chi connectivity index (χ4n) is 2.38. The lowest BCUT2D eigenvalue weighted by molar-refractivity contribution is 0.147. The van der Waals surface area contributed by atoms with Crippen molar-refractivity contribution in [2.24, 2.45) is 13.0 Å². The number of fused-ring (bicyclic) bond motifs is 1. The van der Waals surface area contributed by atoms with Gasteiger partial charge >= 0.3 is 6.09 Å². The topological polar surface area (TPSA) is 102 Å². The van der Waals surface area contributed by atoms with E-state index in [1.165, 1.54) is 16.4 Å². The van der Waals surface area contributed by atoms with Crippen LogP contribution in [0.25, 0.3) is 10.8 Å². The first-order valence-electron chi connectivity index (χ1n) is 8.15. The second-order valence-electron chi connectivity index (χ2n) is 6.24. The zero-order valence-corrected chi connectivity index (χ0v) is 16.5. The molecule has 2 N–H and O–H groups in total. The Kier molecular flexibility index (Phi) is 5.71. The Morgan fingerprint density at radius 1 is 1.44 bits per heavy atom. The minimum Gasteiger partial charge on any atom is -0.506 e. The molecule has 0 spiro atoms. The molecule has 10 heteroatoms. The summed E-state index contributed by atoms with van der Waals surface area (Å²) in [5.74, 6) is 0.159. The third-order valence-corrected chi connectivity index (χ3v) is 4.98. The fraction of sp³-hybridized carbons (Fsp3) is 0.294. The second kappa shape index (κ2) is 8.01. The summed E-state index contributed by atoms with van der Waals surface area (Å²) in [4.78, 5) is 12.8. The first-order valence-corrected chi connectivity index (χ1v) is 9.34. The van der Waals surface area contributed by atoms with Gasteiger partial charge in [-0.15, -0.1) is 5.10 Å². The molecule has 0 bridgehead atoms. The molecule has 0 aliphatic heterocycles. The van der Waals surface area contributed by atoms with Gasteiger partial charge in [0, 0.05) is 22.7 Å². The molecule has 3 aromatic rings. The van der Waals surface area contributed by atoms with E-state index in [1.54, 1.807) is 31.3 Å². The van der Waals surface area contributed by atoms with Crippen LogP contribution in [-0.2, 0) is 11.8 Å². The number of nitrogens with one attached hydrogen (secondary N) is 1. The van der Waals surface area contributed by atoms with Crippen LogP contribution in [0.1, 0.15) is 13.8 Å². The number of hydrogen-bond donors (Lipinski definition) is 2. The van der Waals surface area contributed by atoms with Crippen LogP contribution in [0.15, 0.2) is 34.3 Å². The van der Waals surface area contributed by atoms with Crippen molar-refractivity contribution < 1.29 is 14.6 Å². The van der Waals surface area contributed by atoms with Gasteiger partial charge < -0.3 is 9.84 Å². The summed E-state index contributed by atoms with van der Waals surface area (Å²) in [7, 11) is 1.72. The lowest BCUT2D eigenvalue weighted by Gasteiger charge is -2.14. The average molecular weight is 408 g/mol. The molecule has 0 saturated carbocycles. The van der Waals surface area contributed by atoms with Crippen molar-refractivity contribution in [3.05, 3.63) is 29.3 Å². The van der Waals surface area contributed by atoms with Crippen LogP contribution < -0.4 is 5.32 Å². The smallest absolute Gasteiger partial charge is 0.411 e. The third kappa shape index (κ3) is 4.25. The summed E-state index contributed by atoms with van der Waals surface area (Å²) >= 11 is 7.45. The average Bonchev–Trinajstić information content (AvgIpc) is 3.02. The minimum atomic E-state index is -0.568. The molecule has 142 valence electrons. The summed E-state index contributed by atoms with van der Waals surface area (Å²) in [6, 6.07) is 6.78. The molecular weight excluding hydrogens is 390 g/mol. The molecule has 1 aromatic heterocycles. The van der Waals surface area contributed by atoms with Gasteiger partial charge in [-0.05, 0) is 40.2 Å². The molecule has 2 aromatic carbocycles. The zero-order chi connectivity index (χ0) is 19.6. The molecule has 27 heavy (non-hydrogen) atoms. The SMILES string of the molecule is CC(C)COC(=O)Nc1cccc2c(O)c(Cl)cc(Sc3nnnn3C)c12. The summed E-state index contributed by atoms with van der Waals surface area (Å²) in [6.07, 6.45) is -0.568. The molecule has 3 rings (SSSR count). The van der Waals surface area contributed by atoms with Crippen LogP contribution in [0.5, 0.6) is 5.75 Å². The van der Waals surface area contributed by atoms with E-state index in [0.29, 0.717) is 33.1 Å². The van der Waals surface area contributed by atoms with Gasteiger partial charge in [-0.25, -0.2) is 9.48 Å².